The lowest BCUT2D eigenvalue weighted by Crippen LogP contribution is -2.24. The van der Waals surface area contributed by atoms with Gasteiger partial charge in [0.25, 0.3) is 5.91 Å². The van der Waals surface area contributed by atoms with Gasteiger partial charge in [-0.25, -0.2) is 13.2 Å². The number of fused-ring (bicyclic) bond motifs is 3. The number of hydrogen-bond donors (Lipinski definition) is 1. The Morgan fingerprint density at radius 3 is 2.54 bits per heavy atom. The number of benzene rings is 2. The number of carbonyl (C=O) groups is 1. The van der Waals surface area contributed by atoms with E-state index in [1.54, 1.807) is 24.4 Å². The molecule has 1 amide bonds. The van der Waals surface area contributed by atoms with Gasteiger partial charge in [0.15, 0.2) is 0 Å². The number of nitrogens with one attached hydrogen (secondary N) is 1. The second-order valence-corrected chi connectivity index (χ2v) is 6.09. The van der Waals surface area contributed by atoms with Crippen LogP contribution in [0.2, 0.25) is 0 Å². The standard InChI is InChI=1S/C20H13F3N2O/c21-16-2-1-3-17(22)15(16)9-25-20(26)11-4-5-14-12(6-11)7-13-8-24-10-18(23)19(13)14/h1-6,8,10H,7,9H2,(H,25,26). The number of carbonyl (C=O) groups excluding carboxylic acids is 1. The Hall–Kier alpha value is -3.15. The van der Waals surface area contributed by atoms with E-state index in [4.69, 9.17) is 0 Å². The van der Waals surface area contributed by atoms with Crippen LogP contribution < -0.4 is 5.32 Å². The van der Waals surface area contributed by atoms with Crippen LogP contribution in [0.4, 0.5) is 13.2 Å². The molecule has 3 aromatic rings. The largest absolute Gasteiger partial charge is 0.348 e. The molecule has 0 saturated heterocycles. The number of rotatable bonds is 3. The molecule has 26 heavy (non-hydrogen) atoms. The Morgan fingerprint density at radius 2 is 1.77 bits per heavy atom. The normalized spacial score (nSPS) is 11.8. The summed E-state index contributed by atoms with van der Waals surface area (Å²) in [5.41, 5.74) is 2.99. The second-order valence-electron chi connectivity index (χ2n) is 6.09. The molecule has 0 atom stereocenters. The van der Waals surface area contributed by atoms with Crippen molar-refractivity contribution in [2.75, 3.05) is 0 Å². The summed E-state index contributed by atoms with van der Waals surface area (Å²) in [5.74, 6) is -2.27. The summed E-state index contributed by atoms with van der Waals surface area (Å²) in [6, 6.07) is 8.47. The third kappa shape index (κ3) is 2.73. The lowest BCUT2D eigenvalue weighted by atomic mass is 10.0. The van der Waals surface area contributed by atoms with E-state index in [0.29, 0.717) is 17.5 Å². The van der Waals surface area contributed by atoms with Gasteiger partial charge in [-0.05, 0) is 41.0 Å². The summed E-state index contributed by atoms with van der Waals surface area (Å²) in [7, 11) is 0. The molecular weight excluding hydrogens is 341 g/mol. The zero-order valence-corrected chi connectivity index (χ0v) is 13.5. The molecule has 1 aliphatic carbocycles. The zero-order chi connectivity index (χ0) is 18.3. The fourth-order valence-electron chi connectivity index (χ4n) is 3.21. The van der Waals surface area contributed by atoms with E-state index in [0.717, 1.165) is 35.0 Å². The number of aromatic nitrogens is 1. The van der Waals surface area contributed by atoms with Gasteiger partial charge in [0.05, 0.1) is 6.20 Å². The Bertz CT molecular complexity index is 1010. The Kier molecular flexibility index (Phi) is 3.95. The fraction of sp³-hybridized carbons (Fsp3) is 0.100. The highest BCUT2D eigenvalue weighted by atomic mass is 19.1. The molecule has 0 aliphatic heterocycles. The van der Waals surface area contributed by atoms with Crippen molar-refractivity contribution in [2.24, 2.45) is 0 Å². The van der Waals surface area contributed by atoms with Crippen LogP contribution in [0.5, 0.6) is 0 Å². The molecule has 1 N–H and O–H groups in total. The van der Waals surface area contributed by atoms with Crippen molar-refractivity contribution in [3.63, 3.8) is 0 Å². The molecule has 0 saturated carbocycles. The van der Waals surface area contributed by atoms with Gasteiger partial charge in [0.1, 0.15) is 17.5 Å². The third-order valence-corrected chi connectivity index (χ3v) is 4.48. The van der Waals surface area contributed by atoms with E-state index in [-0.39, 0.29) is 12.1 Å². The first-order valence-electron chi connectivity index (χ1n) is 8.01. The van der Waals surface area contributed by atoms with Crippen LogP contribution in [-0.4, -0.2) is 10.9 Å². The molecule has 0 unspecified atom stereocenters. The van der Waals surface area contributed by atoms with Crippen LogP contribution in [0, 0.1) is 17.5 Å². The fourth-order valence-corrected chi connectivity index (χ4v) is 3.21. The quantitative estimate of drug-likeness (QED) is 0.604. The lowest BCUT2D eigenvalue weighted by molar-refractivity contribution is 0.0950. The van der Waals surface area contributed by atoms with Crippen LogP contribution in [0.15, 0.2) is 48.8 Å². The predicted molar refractivity (Wildman–Crippen MR) is 90.0 cm³/mol. The molecule has 4 rings (SSSR count). The first kappa shape index (κ1) is 16.3. The number of amides is 1. The van der Waals surface area contributed by atoms with Crippen molar-refractivity contribution in [3.8, 4) is 11.1 Å². The Balaban J connectivity index is 1.56. The average molecular weight is 354 g/mol. The van der Waals surface area contributed by atoms with Crippen molar-refractivity contribution in [2.45, 2.75) is 13.0 Å². The summed E-state index contributed by atoms with van der Waals surface area (Å²) < 4.78 is 41.3. The molecule has 0 fully saturated rings. The molecule has 0 radical (unpaired) electrons. The van der Waals surface area contributed by atoms with Crippen molar-refractivity contribution >= 4 is 5.91 Å². The molecular formula is C20H13F3N2O. The topological polar surface area (TPSA) is 42.0 Å². The van der Waals surface area contributed by atoms with Gasteiger partial charge in [-0.3, -0.25) is 9.78 Å². The molecule has 3 nitrogen and oxygen atoms in total. The maximum atomic E-state index is 14.0. The van der Waals surface area contributed by atoms with Gasteiger partial charge >= 0.3 is 0 Å². The maximum absolute atomic E-state index is 14.0. The van der Waals surface area contributed by atoms with Gasteiger partial charge in [0.2, 0.25) is 0 Å². The van der Waals surface area contributed by atoms with Crippen LogP contribution in [0.1, 0.15) is 27.0 Å². The van der Waals surface area contributed by atoms with E-state index >= 15 is 0 Å². The van der Waals surface area contributed by atoms with E-state index in [1.165, 1.54) is 6.07 Å². The Labute approximate surface area is 147 Å². The summed E-state index contributed by atoms with van der Waals surface area (Å²) in [6.45, 7) is -0.257. The molecule has 1 heterocycles. The first-order chi connectivity index (χ1) is 12.5. The zero-order valence-electron chi connectivity index (χ0n) is 13.5. The monoisotopic (exact) mass is 354 g/mol. The first-order valence-corrected chi connectivity index (χ1v) is 8.01. The number of hydrogen-bond acceptors (Lipinski definition) is 2. The number of pyridine rings is 1. The van der Waals surface area contributed by atoms with Gasteiger partial charge in [0, 0.05) is 35.9 Å². The highest BCUT2D eigenvalue weighted by molar-refractivity contribution is 5.95. The van der Waals surface area contributed by atoms with Crippen LogP contribution >= 0.6 is 0 Å². The summed E-state index contributed by atoms with van der Waals surface area (Å²) >= 11 is 0. The van der Waals surface area contributed by atoms with Crippen molar-refractivity contribution in [1.29, 1.82) is 0 Å². The van der Waals surface area contributed by atoms with E-state index < -0.39 is 23.4 Å². The molecule has 1 aromatic heterocycles. The number of nitrogens with zero attached hydrogens (tertiary/aromatic N) is 1. The van der Waals surface area contributed by atoms with E-state index in [1.807, 2.05) is 0 Å². The average Bonchev–Trinajstić information content (AvgIpc) is 3.00. The summed E-state index contributed by atoms with van der Waals surface area (Å²) in [4.78, 5) is 16.2. The summed E-state index contributed by atoms with van der Waals surface area (Å²) in [5, 5.41) is 2.52. The van der Waals surface area contributed by atoms with Crippen molar-refractivity contribution in [1.82, 2.24) is 10.3 Å². The minimum absolute atomic E-state index is 0.192. The molecule has 1 aliphatic rings. The SMILES string of the molecule is O=C(NCc1c(F)cccc1F)c1ccc2c(c1)Cc1cncc(F)c1-2. The van der Waals surface area contributed by atoms with Crippen LogP contribution in [-0.2, 0) is 13.0 Å². The van der Waals surface area contributed by atoms with Gasteiger partial charge in [-0.1, -0.05) is 12.1 Å². The van der Waals surface area contributed by atoms with Crippen molar-refractivity contribution in [3.05, 3.63) is 88.5 Å². The molecule has 0 bridgehead atoms. The minimum atomic E-state index is -0.710. The molecule has 6 heteroatoms. The Morgan fingerprint density at radius 1 is 1.00 bits per heavy atom. The molecule has 2 aromatic carbocycles. The summed E-state index contributed by atoms with van der Waals surface area (Å²) in [6.07, 6.45) is 3.26. The minimum Gasteiger partial charge on any atom is -0.348 e. The second kappa shape index (κ2) is 6.29. The highest BCUT2D eigenvalue weighted by Gasteiger charge is 2.23. The molecule has 0 spiro atoms. The smallest absolute Gasteiger partial charge is 0.251 e. The van der Waals surface area contributed by atoms with Crippen LogP contribution in [0.3, 0.4) is 0 Å². The van der Waals surface area contributed by atoms with E-state index in [2.05, 4.69) is 10.3 Å². The lowest BCUT2D eigenvalue weighted by Gasteiger charge is -2.09. The van der Waals surface area contributed by atoms with Crippen molar-refractivity contribution < 1.29 is 18.0 Å². The predicted octanol–water partition coefficient (Wildman–Crippen LogP) is 4.00. The van der Waals surface area contributed by atoms with Crippen LogP contribution in [0.25, 0.3) is 11.1 Å². The van der Waals surface area contributed by atoms with E-state index in [9.17, 15) is 18.0 Å². The molecule has 130 valence electrons. The van der Waals surface area contributed by atoms with Gasteiger partial charge < -0.3 is 5.32 Å². The number of halogens is 3. The highest BCUT2D eigenvalue weighted by Crippen LogP contribution is 2.38. The maximum Gasteiger partial charge on any atom is 0.251 e. The van der Waals surface area contributed by atoms with Gasteiger partial charge in [-0.2, -0.15) is 0 Å². The van der Waals surface area contributed by atoms with Gasteiger partial charge in [-0.15, -0.1) is 0 Å². The third-order valence-electron chi connectivity index (χ3n) is 4.48.